The molecule has 2 unspecified atom stereocenters. The molecule has 1 aromatic rings. The molecule has 0 radical (unpaired) electrons. The van der Waals surface area contributed by atoms with Crippen molar-refractivity contribution in [1.82, 2.24) is 4.72 Å². The first-order valence-corrected chi connectivity index (χ1v) is 9.09. The monoisotopic (exact) mass is 318 g/mol. The molecular formula is C13H22N2O3S2. The Balaban J connectivity index is 2.11. The van der Waals surface area contributed by atoms with Crippen LogP contribution in [0.4, 0.5) is 0 Å². The maximum absolute atomic E-state index is 12.4. The Hall–Kier alpha value is -0.470. The van der Waals surface area contributed by atoms with Gasteiger partial charge in [-0.15, -0.1) is 11.3 Å². The van der Waals surface area contributed by atoms with Crippen molar-refractivity contribution < 1.29 is 13.2 Å². The molecule has 114 valence electrons. The summed E-state index contributed by atoms with van der Waals surface area (Å²) < 4.78 is 33.3. The Bertz CT molecular complexity index is 566. The zero-order valence-electron chi connectivity index (χ0n) is 12.0. The van der Waals surface area contributed by atoms with Crippen molar-refractivity contribution >= 4 is 21.4 Å². The van der Waals surface area contributed by atoms with Crippen LogP contribution in [0.25, 0.3) is 0 Å². The molecule has 0 spiro atoms. The van der Waals surface area contributed by atoms with E-state index in [0.29, 0.717) is 22.8 Å². The van der Waals surface area contributed by atoms with Crippen LogP contribution in [0, 0.1) is 5.41 Å². The van der Waals surface area contributed by atoms with Crippen LogP contribution >= 0.6 is 11.3 Å². The molecule has 1 aliphatic carbocycles. The molecular weight excluding hydrogens is 296 g/mol. The second kappa shape index (κ2) is 5.73. The summed E-state index contributed by atoms with van der Waals surface area (Å²) in [5.41, 5.74) is 5.39. The van der Waals surface area contributed by atoms with Crippen LogP contribution in [0.1, 0.15) is 32.1 Å². The number of hydrogen-bond acceptors (Lipinski definition) is 5. The fourth-order valence-electron chi connectivity index (χ4n) is 2.54. The molecule has 0 aliphatic heterocycles. The summed E-state index contributed by atoms with van der Waals surface area (Å²) in [6, 6.07) is 1.51. The lowest BCUT2D eigenvalue weighted by Crippen LogP contribution is -2.61. The smallest absolute Gasteiger partial charge is 0.241 e. The van der Waals surface area contributed by atoms with Crippen LogP contribution in [-0.4, -0.2) is 27.2 Å². The maximum Gasteiger partial charge on any atom is 0.241 e. The minimum absolute atomic E-state index is 0.102. The van der Waals surface area contributed by atoms with Gasteiger partial charge in [-0.3, -0.25) is 0 Å². The van der Waals surface area contributed by atoms with Gasteiger partial charge in [-0.05, 0) is 24.8 Å². The highest BCUT2D eigenvalue weighted by atomic mass is 32.2. The largest absolute Gasteiger partial charge is 0.378 e. The number of sulfonamides is 1. The average molecular weight is 318 g/mol. The summed E-state index contributed by atoms with van der Waals surface area (Å²) in [5, 5.41) is 1.76. The molecule has 1 fully saturated rings. The number of ether oxygens (including phenoxy) is 1. The molecule has 0 aromatic carbocycles. The lowest BCUT2D eigenvalue weighted by atomic mass is 9.65. The topological polar surface area (TPSA) is 81.4 Å². The average Bonchev–Trinajstić information content (AvgIpc) is 2.86. The summed E-state index contributed by atoms with van der Waals surface area (Å²) >= 11 is 1.37. The third-order valence-corrected chi connectivity index (χ3v) is 6.65. The van der Waals surface area contributed by atoms with Gasteiger partial charge in [-0.25, -0.2) is 13.1 Å². The first kappa shape index (κ1) is 15.9. The predicted octanol–water partition coefficient (Wildman–Crippen LogP) is 1.69. The first-order chi connectivity index (χ1) is 9.32. The first-order valence-electron chi connectivity index (χ1n) is 6.73. The van der Waals surface area contributed by atoms with Crippen molar-refractivity contribution in [2.24, 2.45) is 11.1 Å². The van der Waals surface area contributed by atoms with Crippen LogP contribution in [0.3, 0.4) is 0 Å². The zero-order valence-corrected chi connectivity index (χ0v) is 13.7. The van der Waals surface area contributed by atoms with Gasteiger partial charge in [0.05, 0.1) is 11.0 Å². The zero-order chi connectivity index (χ0) is 15.0. The standard InChI is InChI=1S/C13H22N2O3S2/c1-4-18-12-7-11(13(12,2)3)15-20(16,17)10-5-6-19-9(10)8-14/h5-6,11-12,15H,4,7-8,14H2,1-3H3. The molecule has 0 saturated heterocycles. The summed E-state index contributed by atoms with van der Waals surface area (Å²) in [6.07, 6.45) is 0.818. The Morgan fingerprint density at radius 2 is 2.25 bits per heavy atom. The molecule has 0 bridgehead atoms. The maximum atomic E-state index is 12.4. The van der Waals surface area contributed by atoms with Gasteiger partial charge in [0, 0.05) is 29.5 Å². The lowest BCUT2D eigenvalue weighted by molar-refractivity contribution is -0.108. The summed E-state index contributed by atoms with van der Waals surface area (Å²) in [6.45, 7) is 6.90. The van der Waals surface area contributed by atoms with Gasteiger partial charge < -0.3 is 10.5 Å². The summed E-state index contributed by atoms with van der Waals surface area (Å²) in [4.78, 5) is 0.997. The molecule has 1 saturated carbocycles. The van der Waals surface area contributed by atoms with Gasteiger partial charge in [-0.1, -0.05) is 13.8 Å². The Morgan fingerprint density at radius 1 is 1.55 bits per heavy atom. The normalized spacial score (nSPS) is 25.4. The molecule has 0 amide bonds. The molecule has 5 nitrogen and oxygen atoms in total. The molecule has 1 heterocycles. The van der Waals surface area contributed by atoms with Crippen molar-refractivity contribution in [1.29, 1.82) is 0 Å². The minimum Gasteiger partial charge on any atom is -0.378 e. The van der Waals surface area contributed by atoms with Gasteiger partial charge >= 0.3 is 0 Å². The molecule has 2 atom stereocenters. The number of nitrogens with two attached hydrogens (primary N) is 1. The highest BCUT2D eigenvalue weighted by Crippen LogP contribution is 2.43. The summed E-state index contributed by atoms with van der Waals surface area (Å²) in [7, 11) is -3.50. The van der Waals surface area contributed by atoms with Crippen molar-refractivity contribution in [2.75, 3.05) is 6.61 Å². The van der Waals surface area contributed by atoms with E-state index in [2.05, 4.69) is 4.72 Å². The predicted molar refractivity (Wildman–Crippen MR) is 80.1 cm³/mol. The van der Waals surface area contributed by atoms with E-state index in [4.69, 9.17) is 10.5 Å². The number of hydrogen-bond donors (Lipinski definition) is 2. The highest BCUT2D eigenvalue weighted by molar-refractivity contribution is 7.89. The minimum atomic E-state index is -3.50. The van der Waals surface area contributed by atoms with Gasteiger partial charge in [-0.2, -0.15) is 0 Å². The Labute approximate surface area is 124 Å². The highest BCUT2D eigenvalue weighted by Gasteiger charge is 2.50. The number of nitrogens with one attached hydrogen (secondary N) is 1. The van der Waals surface area contributed by atoms with Crippen molar-refractivity contribution in [3.8, 4) is 0 Å². The second-order valence-corrected chi connectivity index (χ2v) is 8.27. The van der Waals surface area contributed by atoms with Gasteiger partial charge in [0.1, 0.15) is 0 Å². The van der Waals surface area contributed by atoms with Crippen molar-refractivity contribution in [3.63, 3.8) is 0 Å². The van der Waals surface area contributed by atoms with E-state index in [0.717, 1.165) is 0 Å². The van der Waals surface area contributed by atoms with E-state index in [1.54, 1.807) is 11.4 Å². The lowest BCUT2D eigenvalue weighted by Gasteiger charge is -2.51. The van der Waals surface area contributed by atoms with E-state index in [9.17, 15) is 8.42 Å². The third kappa shape index (κ3) is 2.78. The number of thiophene rings is 1. The van der Waals surface area contributed by atoms with Crippen LogP contribution in [-0.2, 0) is 21.3 Å². The van der Waals surface area contributed by atoms with Crippen molar-refractivity contribution in [3.05, 3.63) is 16.3 Å². The molecule has 2 rings (SSSR count). The van der Waals surface area contributed by atoms with E-state index >= 15 is 0 Å². The van der Waals surface area contributed by atoms with Crippen LogP contribution in [0.5, 0.6) is 0 Å². The van der Waals surface area contributed by atoms with Crippen LogP contribution in [0.15, 0.2) is 16.3 Å². The molecule has 1 aromatic heterocycles. The second-order valence-electron chi connectivity index (χ2n) is 5.59. The van der Waals surface area contributed by atoms with E-state index in [1.807, 2.05) is 20.8 Å². The SMILES string of the molecule is CCOC1CC(NS(=O)(=O)c2ccsc2CN)C1(C)C. The molecule has 1 aliphatic rings. The van der Waals surface area contributed by atoms with Gasteiger partial charge in [0.2, 0.25) is 10.0 Å². The fraction of sp³-hybridized carbons (Fsp3) is 0.692. The van der Waals surface area contributed by atoms with E-state index in [1.165, 1.54) is 11.3 Å². The van der Waals surface area contributed by atoms with E-state index in [-0.39, 0.29) is 24.1 Å². The van der Waals surface area contributed by atoms with Crippen LogP contribution < -0.4 is 10.5 Å². The summed E-state index contributed by atoms with van der Waals surface area (Å²) in [5.74, 6) is 0. The van der Waals surface area contributed by atoms with Gasteiger partial charge in [0.15, 0.2) is 0 Å². The number of rotatable bonds is 6. The molecule has 20 heavy (non-hydrogen) atoms. The van der Waals surface area contributed by atoms with Crippen molar-refractivity contribution in [2.45, 2.75) is 50.8 Å². The quantitative estimate of drug-likeness (QED) is 0.836. The van der Waals surface area contributed by atoms with E-state index < -0.39 is 10.0 Å². The fourth-order valence-corrected chi connectivity index (χ4v) is 5.28. The Morgan fingerprint density at radius 3 is 2.80 bits per heavy atom. The van der Waals surface area contributed by atoms with Gasteiger partial charge in [0.25, 0.3) is 0 Å². The molecule has 7 heteroatoms. The molecule has 3 N–H and O–H groups in total. The Kier molecular flexibility index (Phi) is 4.56. The van der Waals surface area contributed by atoms with Crippen LogP contribution in [0.2, 0.25) is 0 Å². The third-order valence-electron chi connectivity index (χ3n) is 4.02.